The van der Waals surface area contributed by atoms with Gasteiger partial charge in [-0.25, -0.2) is 0 Å². The molecule has 2 heterocycles. The fourth-order valence-corrected chi connectivity index (χ4v) is 3.58. The topological polar surface area (TPSA) is 58.4 Å². The quantitative estimate of drug-likeness (QED) is 0.696. The number of nitrogens with one attached hydrogen (secondary N) is 1. The number of likely N-dealkylation sites (tertiary alicyclic amines) is 1. The van der Waals surface area contributed by atoms with Gasteiger partial charge in [0.2, 0.25) is 0 Å². The van der Waals surface area contributed by atoms with Crippen LogP contribution in [0.25, 0.3) is 11.3 Å². The van der Waals surface area contributed by atoms with Crippen LogP contribution in [0.1, 0.15) is 29.0 Å². The van der Waals surface area contributed by atoms with Crippen molar-refractivity contribution in [3.63, 3.8) is 0 Å². The maximum Gasteiger partial charge on any atom is 0.251 e. The fraction of sp³-hybridized carbons (Fsp3) is 0.273. The highest BCUT2D eigenvalue weighted by Crippen LogP contribution is 2.22. The second kappa shape index (κ2) is 8.59. The Labute approximate surface area is 169 Å². The molecule has 0 aliphatic carbocycles. The average Bonchev–Trinajstić information content (AvgIpc) is 3.19. The van der Waals surface area contributed by atoms with Crippen LogP contribution in [0.2, 0.25) is 5.02 Å². The Morgan fingerprint density at radius 1 is 1.11 bits per heavy atom. The minimum Gasteiger partial charge on any atom is -0.359 e. The summed E-state index contributed by atoms with van der Waals surface area (Å²) < 4.78 is 5.51. The number of amides is 1. The molecule has 0 bridgehead atoms. The van der Waals surface area contributed by atoms with Crippen molar-refractivity contribution in [3.8, 4) is 11.3 Å². The summed E-state index contributed by atoms with van der Waals surface area (Å²) in [5.74, 6) is 0.846. The van der Waals surface area contributed by atoms with Crippen molar-refractivity contribution in [1.82, 2.24) is 15.4 Å². The summed E-state index contributed by atoms with van der Waals surface area (Å²) in [5, 5.41) is 8.01. The first-order valence-corrected chi connectivity index (χ1v) is 9.85. The molecule has 0 unspecified atom stereocenters. The molecular formula is C22H22ClN3O2. The van der Waals surface area contributed by atoms with Crippen molar-refractivity contribution in [3.05, 3.63) is 77.0 Å². The molecule has 5 nitrogen and oxygen atoms in total. The molecule has 4 rings (SSSR count). The van der Waals surface area contributed by atoms with Gasteiger partial charge in [-0.2, -0.15) is 0 Å². The molecule has 1 fully saturated rings. The number of carbonyl (C=O) groups is 1. The number of hydrogen-bond donors (Lipinski definition) is 1. The van der Waals surface area contributed by atoms with Crippen LogP contribution in [0.3, 0.4) is 0 Å². The zero-order valence-electron chi connectivity index (χ0n) is 15.5. The largest absolute Gasteiger partial charge is 0.359 e. The lowest BCUT2D eigenvalue weighted by molar-refractivity contribution is 0.0905. The molecule has 3 aromatic rings. The van der Waals surface area contributed by atoms with E-state index >= 15 is 0 Å². The van der Waals surface area contributed by atoms with E-state index in [4.69, 9.17) is 16.1 Å². The molecular weight excluding hydrogens is 374 g/mol. The summed E-state index contributed by atoms with van der Waals surface area (Å²) in [6, 6.07) is 19.1. The lowest BCUT2D eigenvalue weighted by Crippen LogP contribution is -2.44. The monoisotopic (exact) mass is 395 g/mol. The van der Waals surface area contributed by atoms with E-state index in [0.717, 1.165) is 49.5 Å². The molecule has 1 saturated heterocycles. The van der Waals surface area contributed by atoms with E-state index in [1.807, 2.05) is 60.7 Å². The first-order chi connectivity index (χ1) is 13.7. The second-order valence-corrected chi connectivity index (χ2v) is 7.51. The third-order valence-corrected chi connectivity index (χ3v) is 5.29. The fourth-order valence-electron chi connectivity index (χ4n) is 3.46. The van der Waals surface area contributed by atoms with Crippen LogP contribution < -0.4 is 5.32 Å². The zero-order valence-corrected chi connectivity index (χ0v) is 16.2. The van der Waals surface area contributed by atoms with Gasteiger partial charge in [-0.1, -0.05) is 47.1 Å². The molecule has 0 saturated carbocycles. The van der Waals surface area contributed by atoms with Crippen molar-refractivity contribution in [1.29, 1.82) is 0 Å². The van der Waals surface area contributed by atoms with Crippen molar-refractivity contribution in [2.75, 3.05) is 13.1 Å². The van der Waals surface area contributed by atoms with Crippen LogP contribution in [0.4, 0.5) is 0 Å². The number of hydrogen-bond acceptors (Lipinski definition) is 4. The van der Waals surface area contributed by atoms with Gasteiger partial charge < -0.3 is 9.84 Å². The zero-order chi connectivity index (χ0) is 19.3. The lowest BCUT2D eigenvalue weighted by atomic mass is 10.0. The highest BCUT2D eigenvalue weighted by atomic mass is 35.5. The number of aromatic nitrogens is 1. The smallest absolute Gasteiger partial charge is 0.251 e. The minimum atomic E-state index is 0.00175. The van der Waals surface area contributed by atoms with Gasteiger partial charge in [0, 0.05) is 41.3 Å². The van der Waals surface area contributed by atoms with Gasteiger partial charge in [0.05, 0.1) is 6.54 Å². The summed E-state index contributed by atoms with van der Waals surface area (Å²) in [5.41, 5.74) is 2.51. The maximum atomic E-state index is 12.3. The van der Waals surface area contributed by atoms with Crippen LogP contribution in [0, 0.1) is 0 Å². The number of halogens is 1. The molecule has 0 atom stereocenters. The summed E-state index contributed by atoms with van der Waals surface area (Å²) >= 11 is 5.93. The number of nitrogens with zero attached hydrogens (tertiary/aromatic N) is 2. The molecule has 1 aliphatic heterocycles. The summed E-state index contributed by atoms with van der Waals surface area (Å²) in [7, 11) is 0. The normalized spacial score (nSPS) is 15.5. The van der Waals surface area contributed by atoms with Gasteiger partial charge in [0.15, 0.2) is 5.76 Å². The highest BCUT2D eigenvalue weighted by Gasteiger charge is 2.22. The van der Waals surface area contributed by atoms with Crippen molar-refractivity contribution in [2.45, 2.75) is 25.4 Å². The molecule has 1 aliphatic rings. The van der Waals surface area contributed by atoms with Crippen LogP contribution in [0.15, 0.2) is 65.2 Å². The van der Waals surface area contributed by atoms with E-state index in [9.17, 15) is 4.79 Å². The van der Waals surface area contributed by atoms with Gasteiger partial charge in [-0.05, 0) is 37.1 Å². The Bertz CT molecular complexity index is 916. The first kappa shape index (κ1) is 18.7. The van der Waals surface area contributed by atoms with E-state index in [-0.39, 0.29) is 11.9 Å². The molecule has 1 N–H and O–H groups in total. The van der Waals surface area contributed by atoms with Gasteiger partial charge in [0.25, 0.3) is 5.91 Å². The molecule has 1 aromatic heterocycles. The minimum absolute atomic E-state index is 0.00175. The average molecular weight is 396 g/mol. The Hall–Kier alpha value is -2.63. The van der Waals surface area contributed by atoms with E-state index < -0.39 is 0 Å². The second-order valence-electron chi connectivity index (χ2n) is 7.08. The molecule has 28 heavy (non-hydrogen) atoms. The third-order valence-electron chi connectivity index (χ3n) is 5.04. The Morgan fingerprint density at radius 3 is 2.54 bits per heavy atom. The summed E-state index contributed by atoms with van der Waals surface area (Å²) in [4.78, 5) is 14.6. The third kappa shape index (κ3) is 4.61. The molecule has 144 valence electrons. The van der Waals surface area contributed by atoms with Crippen molar-refractivity contribution in [2.24, 2.45) is 0 Å². The predicted molar refractivity (Wildman–Crippen MR) is 109 cm³/mol. The highest BCUT2D eigenvalue weighted by molar-refractivity contribution is 6.30. The van der Waals surface area contributed by atoms with Crippen LogP contribution in [-0.4, -0.2) is 35.1 Å². The summed E-state index contributed by atoms with van der Waals surface area (Å²) in [6.07, 6.45) is 1.85. The van der Waals surface area contributed by atoms with Gasteiger partial charge in [-0.3, -0.25) is 9.69 Å². The first-order valence-electron chi connectivity index (χ1n) is 9.47. The van der Waals surface area contributed by atoms with Gasteiger partial charge >= 0.3 is 0 Å². The van der Waals surface area contributed by atoms with Gasteiger partial charge in [0.1, 0.15) is 5.69 Å². The van der Waals surface area contributed by atoms with E-state index in [2.05, 4.69) is 15.4 Å². The van der Waals surface area contributed by atoms with E-state index in [1.54, 1.807) is 0 Å². The molecule has 2 aromatic carbocycles. The number of rotatable bonds is 5. The summed E-state index contributed by atoms with van der Waals surface area (Å²) in [6.45, 7) is 2.55. The molecule has 1 amide bonds. The molecule has 0 spiro atoms. The van der Waals surface area contributed by atoms with Crippen LogP contribution in [0.5, 0.6) is 0 Å². The van der Waals surface area contributed by atoms with E-state index in [1.165, 1.54) is 0 Å². The maximum absolute atomic E-state index is 12.3. The van der Waals surface area contributed by atoms with Crippen LogP contribution in [-0.2, 0) is 6.54 Å². The lowest BCUT2D eigenvalue weighted by Gasteiger charge is -2.31. The Kier molecular flexibility index (Phi) is 5.74. The van der Waals surface area contributed by atoms with Gasteiger partial charge in [-0.15, -0.1) is 0 Å². The Morgan fingerprint density at radius 2 is 1.82 bits per heavy atom. The van der Waals surface area contributed by atoms with Crippen molar-refractivity contribution >= 4 is 17.5 Å². The van der Waals surface area contributed by atoms with Crippen molar-refractivity contribution < 1.29 is 9.32 Å². The standard InChI is InChI=1S/C22H22ClN3O2/c23-18-8-6-16(7-9-18)21-14-20(28-25-21)15-26-12-10-19(11-13-26)24-22(27)17-4-2-1-3-5-17/h1-9,14,19H,10-13,15H2,(H,24,27). The molecule has 6 heteroatoms. The number of benzene rings is 2. The predicted octanol–water partition coefficient (Wildman–Crippen LogP) is 4.39. The SMILES string of the molecule is O=C(NC1CCN(Cc2cc(-c3ccc(Cl)cc3)no2)CC1)c1ccccc1. The van der Waals surface area contributed by atoms with Crippen LogP contribution >= 0.6 is 11.6 Å². The van der Waals surface area contributed by atoms with E-state index in [0.29, 0.717) is 10.6 Å². The Balaban J connectivity index is 1.28. The number of carbonyl (C=O) groups excluding carboxylic acids is 1. The molecule has 0 radical (unpaired) electrons. The number of piperidine rings is 1.